The lowest BCUT2D eigenvalue weighted by Crippen LogP contribution is -2.57. The van der Waals surface area contributed by atoms with Crippen molar-refractivity contribution in [3.8, 4) is 11.5 Å². The van der Waals surface area contributed by atoms with E-state index in [1.54, 1.807) is 24.3 Å². The second kappa shape index (κ2) is 9.89. The van der Waals surface area contributed by atoms with Crippen LogP contribution in [0.25, 0.3) is 0 Å². The van der Waals surface area contributed by atoms with E-state index >= 15 is 0 Å². The normalized spacial score (nSPS) is 17.9. The molecule has 1 amide bonds. The maximum absolute atomic E-state index is 13.8. The van der Waals surface area contributed by atoms with Crippen molar-refractivity contribution in [3.05, 3.63) is 95.6 Å². The van der Waals surface area contributed by atoms with Crippen molar-refractivity contribution in [2.45, 2.75) is 37.6 Å². The Bertz CT molecular complexity index is 1270. The zero-order valence-corrected chi connectivity index (χ0v) is 20.6. The molecule has 3 aromatic rings. The van der Waals surface area contributed by atoms with E-state index in [0.717, 1.165) is 11.1 Å². The van der Waals surface area contributed by atoms with E-state index < -0.39 is 30.8 Å². The van der Waals surface area contributed by atoms with E-state index in [9.17, 15) is 23.1 Å². The summed E-state index contributed by atoms with van der Waals surface area (Å²) in [6, 6.07) is 23.0. The lowest BCUT2D eigenvalue weighted by Gasteiger charge is -2.32. The summed E-state index contributed by atoms with van der Waals surface area (Å²) >= 11 is 0. The van der Waals surface area contributed by atoms with Crippen LogP contribution >= 0.6 is 0 Å². The van der Waals surface area contributed by atoms with Gasteiger partial charge in [-0.2, -0.15) is 23.3 Å². The molecule has 1 aliphatic rings. The number of halogens is 3. The average Bonchev–Trinajstić information content (AvgIpc) is 3.27. The van der Waals surface area contributed by atoms with E-state index in [4.69, 9.17) is 9.47 Å². The Morgan fingerprint density at radius 1 is 0.946 bits per heavy atom. The van der Waals surface area contributed by atoms with Crippen molar-refractivity contribution < 1.29 is 32.5 Å². The molecule has 3 aromatic carbocycles. The van der Waals surface area contributed by atoms with Gasteiger partial charge >= 0.3 is 6.18 Å². The Kier molecular flexibility index (Phi) is 7.01. The fourth-order valence-corrected chi connectivity index (χ4v) is 4.17. The molecule has 4 rings (SSSR count). The highest BCUT2D eigenvalue weighted by atomic mass is 19.4. The van der Waals surface area contributed by atoms with E-state index in [-0.39, 0.29) is 16.1 Å². The van der Waals surface area contributed by atoms with Crippen molar-refractivity contribution in [2.24, 2.45) is 5.10 Å². The second-order valence-electron chi connectivity index (χ2n) is 9.28. The van der Waals surface area contributed by atoms with Gasteiger partial charge in [0, 0.05) is 5.41 Å². The van der Waals surface area contributed by atoms with Gasteiger partial charge in [0.1, 0.15) is 11.5 Å². The Morgan fingerprint density at radius 2 is 1.51 bits per heavy atom. The second-order valence-corrected chi connectivity index (χ2v) is 9.28. The predicted molar refractivity (Wildman–Crippen MR) is 133 cm³/mol. The standard InChI is InChI=1S/C28H27F3N2O4/c1-26(2,20-7-5-4-6-8-20)21-11-15-23(16-12-21)37-18-25(34)33-27(35,28(29,30)31)17-24(32-33)19-9-13-22(36-3)14-10-19/h4-16,35H,17-18H2,1-3H3/t27-/m1/s1. The molecule has 0 unspecified atom stereocenters. The number of carbonyl (C=O) groups excluding carboxylic acids is 1. The number of aliphatic hydroxyl groups is 1. The van der Waals surface area contributed by atoms with Gasteiger partial charge in [-0.15, -0.1) is 0 Å². The van der Waals surface area contributed by atoms with Crippen LogP contribution in [-0.2, 0) is 10.2 Å². The average molecular weight is 513 g/mol. The molecule has 0 saturated carbocycles. The quantitative estimate of drug-likeness (QED) is 0.467. The maximum atomic E-state index is 13.8. The van der Waals surface area contributed by atoms with Crippen LogP contribution in [0.2, 0.25) is 0 Å². The first-order chi connectivity index (χ1) is 17.5. The van der Waals surface area contributed by atoms with Gasteiger partial charge in [-0.25, -0.2) is 0 Å². The summed E-state index contributed by atoms with van der Waals surface area (Å²) in [5.41, 5.74) is -1.41. The zero-order chi connectivity index (χ0) is 26.8. The summed E-state index contributed by atoms with van der Waals surface area (Å²) in [7, 11) is 1.46. The van der Waals surface area contributed by atoms with Gasteiger partial charge < -0.3 is 14.6 Å². The number of rotatable bonds is 7. The van der Waals surface area contributed by atoms with Crippen LogP contribution < -0.4 is 9.47 Å². The van der Waals surface area contributed by atoms with Crippen molar-refractivity contribution in [3.63, 3.8) is 0 Å². The Labute approximate surface area is 212 Å². The molecule has 1 atom stereocenters. The fraction of sp³-hybridized carbons (Fsp3) is 0.286. The van der Waals surface area contributed by atoms with Crippen molar-refractivity contribution >= 4 is 11.6 Å². The van der Waals surface area contributed by atoms with Crippen LogP contribution in [-0.4, -0.2) is 47.4 Å². The summed E-state index contributed by atoms with van der Waals surface area (Å²) in [5.74, 6) is -0.319. The van der Waals surface area contributed by atoms with E-state index in [2.05, 4.69) is 18.9 Å². The number of ether oxygens (including phenoxy) is 2. The molecule has 0 fully saturated rings. The summed E-state index contributed by atoms with van der Waals surface area (Å²) in [6.45, 7) is 3.41. The minimum Gasteiger partial charge on any atom is -0.497 e. The molecule has 0 bridgehead atoms. The molecule has 0 radical (unpaired) electrons. The highest BCUT2D eigenvalue weighted by Gasteiger charge is 2.63. The lowest BCUT2D eigenvalue weighted by atomic mass is 9.78. The lowest BCUT2D eigenvalue weighted by molar-refractivity contribution is -0.302. The van der Waals surface area contributed by atoms with Gasteiger partial charge in [-0.1, -0.05) is 56.3 Å². The number of methoxy groups -OCH3 is 1. The molecule has 6 nitrogen and oxygen atoms in total. The Balaban J connectivity index is 1.50. The van der Waals surface area contributed by atoms with Crippen LogP contribution in [0.3, 0.4) is 0 Å². The first-order valence-corrected chi connectivity index (χ1v) is 11.6. The Morgan fingerprint density at radius 3 is 2.08 bits per heavy atom. The topological polar surface area (TPSA) is 71.4 Å². The van der Waals surface area contributed by atoms with E-state index in [1.165, 1.54) is 19.2 Å². The molecule has 9 heteroatoms. The van der Waals surface area contributed by atoms with Gasteiger partial charge in [0.2, 0.25) is 0 Å². The third-order valence-electron chi connectivity index (χ3n) is 6.53. The van der Waals surface area contributed by atoms with Gasteiger partial charge in [0.25, 0.3) is 11.6 Å². The number of hydrazone groups is 1. The summed E-state index contributed by atoms with van der Waals surface area (Å²) in [6.07, 6.45) is -6.04. The van der Waals surface area contributed by atoms with Crippen molar-refractivity contribution in [1.29, 1.82) is 0 Å². The molecular weight excluding hydrogens is 485 g/mol. The van der Waals surface area contributed by atoms with Crippen LogP contribution in [0.5, 0.6) is 11.5 Å². The SMILES string of the molecule is COc1ccc(C2=NN(C(=O)COc3ccc(C(C)(C)c4ccccc4)cc3)[C@](O)(C(F)(F)F)C2)cc1. The number of hydrogen-bond donors (Lipinski definition) is 1. The van der Waals surface area contributed by atoms with E-state index in [0.29, 0.717) is 17.1 Å². The molecule has 0 saturated heterocycles. The zero-order valence-electron chi connectivity index (χ0n) is 20.6. The monoisotopic (exact) mass is 512 g/mol. The number of hydrogen-bond acceptors (Lipinski definition) is 5. The van der Waals surface area contributed by atoms with Gasteiger partial charge in [-0.3, -0.25) is 4.79 Å². The minimum atomic E-state index is -5.13. The molecular formula is C28H27F3N2O4. The molecule has 0 aliphatic carbocycles. The minimum absolute atomic E-state index is 0.0689. The smallest absolute Gasteiger partial charge is 0.438 e. The summed E-state index contributed by atoms with van der Waals surface area (Å²) in [5, 5.41) is 14.4. The number of alkyl halides is 3. The first-order valence-electron chi connectivity index (χ1n) is 11.6. The summed E-state index contributed by atoms with van der Waals surface area (Å²) in [4.78, 5) is 12.8. The third-order valence-corrected chi connectivity index (χ3v) is 6.53. The predicted octanol–water partition coefficient (Wildman–Crippen LogP) is 5.29. The molecule has 194 valence electrons. The molecule has 0 aromatic heterocycles. The van der Waals surface area contributed by atoms with Gasteiger partial charge in [0.15, 0.2) is 6.61 Å². The molecule has 1 N–H and O–H groups in total. The van der Waals surface area contributed by atoms with Crippen LogP contribution in [0.15, 0.2) is 84.0 Å². The third kappa shape index (κ3) is 5.17. The van der Waals surface area contributed by atoms with E-state index in [1.807, 2.05) is 42.5 Å². The highest BCUT2D eigenvalue weighted by Crippen LogP contribution is 2.41. The molecule has 0 spiro atoms. The summed E-state index contributed by atoms with van der Waals surface area (Å²) < 4.78 is 52.1. The van der Waals surface area contributed by atoms with Crippen LogP contribution in [0.4, 0.5) is 13.2 Å². The van der Waals surface area contributed by atoms with Gasteiger partial charge in [0.05, 0.1) is 19.2 Å². The number of carbonyl (C=O) groups is 1. The van der Waals surface area contributed by atoms with Crippen LogP contribution in [0.1, 0.15) is 37.0 Å². The molecule has 37 heavy (non-hydrogen) atoms. The highest BCUT2D eigenvalue weighted by molar-refractivity contribution is 6.03. The maximum Gasteiger partial charge on any atom is 0.438 e. The molecule has 1 heterocycles. The van der Waals surface area contributed by atoms with Crippen LogP contribution in [0, 0.1) is 0 Å². The van der Waals surface area contributed by atoms with Crippen molar-refractivity contribution in [2.75, 3.05) is 13.7 Å². The van der Waals surface area contributed by atoms with Crippen molar-refractivity contribution in [1.82, 2.24) is 5.01 Å². The molecule has 1 aliphatic heterocycles. The number of benzene rings is 3. The largest absolute Gasteiger partial charge is 0.497 e. The Hall–Kier alpha value is -3.85. The number of nitrogens with zero attached hydrogens (tertiary/aromatic N) is 2. The van der Waals surface area contributed by atoms with Gasteiger partial charge in [-0.05, 0) is 53.1 Å². The fourth-order valence-electron chi connectivity index (χ4n) is 4.17. The number of amides is 1. The first kappa shape index (κ1) is 26.2.